The minimum Gasteiger partial charge on any atom is -0.481 e. The molecule has 0 saturated heterocycles. The third-order valence-corrected chi connectivity index (χ3v) is 2.44. The van der Waals surface area contributed by atoms with E-state index in [0.717, 1.165) is 5.76 Å². The van der Waals surface area contributed by atoms with E-state index in [1.54, 1.807) is 25.3 Å². The highest BCUT2D eigenvalue weighted by Gasteiger charge is 2.32. The molecule has 1 rings (SSSR count). The first kappa shape index (κ1) is 9.84. The van der Waals surface area contributed by atoms with Crippen LogP contribution in [-0.2, 0) is 11.2 Å². The Balaban J connectivity index is 2.75. The molecule has 0 saturated carbocycles. The summed E-state index contributed by atoms with van der Waals surface area (Å²) in [5, 5.41) is 8.99. The van der Waals surface area contributed by atoms with Gasteiger partial charge in [-0.3, -0.25) is 4.79 Å². The van der Waals surface area contributed by atoms with Crippen LogP contribution in [0.5, 0.6) is 0 Å². The molecule has 1 N–H and O–H groups in total. The molecule has 0 aliphatic rings. The maximum Gasteiger partial charge on any atom is 0.309 e. The number of hydrogen-bond acceptors (Lipinski definition) is 2. The van der Waals surface area contributed by atoms with Gasteiger partial charge in [0.05, 0.1) is 11.7 Å². The topological polar surface area (TPSA) is 50.4 Å². The van der Waals surface area contributed by atoms with Crippen molar-refractivity contribution in [3.8, 4) is 0 Å². The molecule has 72 valence electrons. The first-order valence-corrected chi connectivity index (χ1v) is 4.34. The molecule has 0 radical (unpaired) electrons. The van der Waals surface area contributed by atoms with Crippen LogP contribution in [0.2, 0.25) is 0 Å². The quantitative estimate of drug-likeness (QED) is 0.777. The fraction of sp³-hybridized carbons (Fsp3) is 0.500. The Morgan fingerprint density at radius 3 is 2.77 bits per heavy atom. The summed E-state index contributed by atoms with van der Waals surface area (Å²) in [5.74, 6) is -0.0434. The Labute approximate surface area is 77.4 Å². The second-order valence-corrected chi connectivity index (χ2v) is 3.48. The zero-order valence-corrected chi connectivity index (χ0v) is 7.91. The minimum atomic E-state index is -0.772. The molecule has 1 unspecified atom stereocenters. The van der Waals surface area contributed by atoms with Gasteiger partial charge in [0, 0.05) is 6.42 Å². The lowest BCUT2D eigenvalue weighted by Gasteiger charge is -2.21. The van der Waals surface area contributed by atoms with Crippen molar-refractivity contribution >= 4 is 5.97 Å². The van der Waals surface area contributed by atoms with Gasteiger partial charge in [0.25, 0.3) is 0 Å². The van der Waals surface area contributed by atoms with E-state index in [1.165, 1.54) is 0 Å². The summed E-state index contributed by atoms with van der Waals surface area (Å²) in [6, 6.07) is 3.57. The molecule has 0 aliphatic heterocycles. The highest BCUT2D eigenvalue weighted by molar-refractivity contribution is 5.74. The van der Waals surface area contributed by atoms with Gasteiger partial charge >= 0.3 is 5.97 Å². The van der Waals surface area contributed by atoms with Crippen LogP contribution in [0.4, 0.5) is 0 Å². The van der Waals surface area contributed by atoms with E-state index in [9.17, 15) is 4.79 Å². The van der Waals surface area contributed by atoms with Gasteiger partial charge in [-0.05, 0) is 25.5 Å². The molecule has 0 fully saturated rings. The number of carboxylic acids is 1. The molecule has 3 nitrogen and oxygen atoms in total. The van der Waals surface area contributed by atoms with E-state index in [4.69, 9.17) is 9.52 Å². The van der Waals surface area contributed by atoms with Crippen LogP contribution in [0, 0.1) is 5.41 Å². The molecule has 1 atom stereocenters. The predicted octanol–water partition coefficient (Wildman–Crippen LogP) is 2.32. The molecule has 1 heterocycles. The number of hydrogen-bond donors (Lipinski definition) is 1. The highest BCUT2D eigenvalue weighted by Crippen LogP contribution is 2.26. The first-order chi connectivity index (χ1) is 6.08. The third kappa shape index (κ3) is 2.11. The lowest BCUT2D eigenvalue weighted by molar-refractivity contribution is -0.148. The van der Waals surface area contributed by atoms with Crippen molar-refractivity contribution in [3.05, 3.63) is 24.2 Å². The molecule has 0 spiro atoms. The minimum absolute atomic E-state index is 0.450. The predicted molar refractivity (Wildman–Crippen MR) is 48.4 cm³/mol. The van der Waals surface area contributed by atoms with Gasteiger partial charge in [0.2, 0.25) is 0 Å². The largest absolute Gasteiger partial charge is 0.481 e. The van der Waals surface area contributed by atoms with Crippen molar-refractivity contribution in [3.63, 3.8) is 0 Å². The van der Waals surface area contributed by atoms with Crippen LogP contribution in [0.1, 0.15) is 26.0 Å². The Morgan fingerprint density at radius 2 is 2.38 bits per heavy atom. The second kappa shape index (κ2) is 3.64. The van der Waals surface area contributed by atoms with Crippen LogP contribution in [-0.4, -0.2) is 11.1 Å². The molecule has 3 heteroatoms. The zero-order valence-electron chi connectivity index (χ0n) is 7.91. The Morgan fingerprint density at radius 1 is 1.69 bits per heavy atom. The monoisotopic (exact) mass is 182 g/mol. The summed E-state index contributed by atoms with van der Waals surface area (Å²) in [5.41, 5.74) is -0.710. The van der Waals surface area contributed by atoms with Crippen LogP contribution in [0.15, 0.2) is 22.8 Å². The smallest absolute Gasteiger partial charge is 0.309 e. The number of aliphatic carboxylic acids is 1. The van der Waals surface area contributed by atoms with Crippen molar-refractivity contribution in [1.82, 2.24) is 0 Å². The van der Waals surface area contributed by atoms with E-state index >= 15 is 0 Å². The summed E-state index contributed by atoms with van der Waals surface area (Å²) in [7, 11) is 0. The summed E-state index contributed by atoms with van der Waals surface area (Å²) >= 11 is 0. The molecule has 0 aromatic carbocycles. The average Bonchev–Trinajstić information content (AvgIpc) is 2.56. The molecule has 0 bridgehead atoms. The SMILES string of the molecule is CCC(C)(Cc1ccco1)C(=O)O. The Bertz CT molecular complexity index is 276. The maximum absolute atomic E-state index is 10.9. The Hall–Kier alpha value is -1.25. The molecule has 1 aromatic rings. The average molecular weight is 182 g/mol. The van der Waals surface area contributed by atoms with Crippen molar-refractivity contribution in [2.24, 2.45) is 5.41 Å². The van der Waals surface area contributed by atoms with Gasteiger partial charge in [0.1, 0.15) is 5.76 Å². The zero-order chi connectivity index (χ0) is 9.90. The number of carbonyl (C=O) groups is 1. The van der Waals surface area contributed by atoms with E-state index in [0.29, 0.717) is 12.8 Å². The summed E-state index contributed by atoms with van der Waals surface area (Å²) in [4.78, 5) is 10.9. The van der Waals surface area contributed by atoms with Gasteiger partial charge in [0.15, 0.2) is 0 Å². The highest BCUT2D eigenvalue weighted by atomic mass is 16.4. The van der Waals surface area contributed by atoms with Crippen molar-refractivity contribution < 1.29 is 14.3 Å². The van der Waals surface area contributed by atoms with E-state index in [1.807, 2.05) is 6.92 Å². The van der Waals surface area contributed by atoms with Gasteiger partial charge in [-0.15, -0.1) is 0 Å². The van der Waals surface area contributed by atoms with Crippen molar-refractivity contribution in [2.75, 3.05) is 0 Å². The summed E-state index contributed by atoms with van der Waals surface area (Å²) in [6.07, 6.45) is 2.61. The first-order valence-electron chi connectivity index (χ1n) is 4.34. The van der Waals surface area contributed by atoms with Gasteiger partial charge in [-0.1, -0.05) is 6.92 Å². The van der Waals surface area contributed by atoms with E-state index < -0.39 is 11.4 Å². The Kier molecular flexibility index (Phi) is 2.76. The summed E-state index contributed by atoms with van der Waals surface area (Å²) < 4.78 is 5.12. The normalized spacial score (nSPS) is 15.2. The molecule has 13 heavy (non-hydrogen) atoms. The lowest BCUT2D eigenvalue weighted by Crippen LogP contribution is -2.28. The van der Waals surface area contributed by atoms with E-state index in [2.05, 4.69) is 0 Å². The number of furan rings is 1. The molecule has 0 amide bonds. The van der Waals surface area contributed by atoms with Crippen LogP contribution in [0.25, 0.3) is 0 Å². The van der Waals surface area contributed by atoms with E-state index in [-0.39, 0.29) is 0 Å². The fourth-order valence-electron chi connectivity index (χ4n) is 1.15. The second-order valence-electron chi connectivity index (χ2n) is 3.48. The third-order valence-electron chi connectivity index (χ3n) is 2.44. The number of carboxylic acid groups (broad SMARTS) is 1. The van der Waals surface area contributed by atoms with Crippen molar-refractivity contribution in [1.29, 1.82) is 0 Å². The molecule has 1 aromatic heterocycles. The molecule has 0 aliphatic carbocycles. The molecular weight excluding hydrogens is 168 g/mol. The molecular formula is C10H14O3. The van der Waals surface area contributed by atoms with Crippen LogP contribution in [0.3, 0.4) is 0 Å². The fourth-order valence-corrected chi connectivity index (χ4v) is 1.15. The van der Waals surface area contributed by atoms with Crippen LogP contribution < -0.4 is 0 Å². The maximum atomic E-state index is 10.9. The van der Waals surface area contributed by atoms with Gasteiger partial charge in [-0.25, -0.2) is 0 Å². The van der Waals surface area contributed by atoms with Gasteiger partial charge in [-0.2, -0.15) is 0 Å². The summed E-state index contributed by atoms with van der Waals surface area (Å²) in [6.45, 7) is 3.61. The van der Waals surface area contributed by atoms with Crippen molar-refractivity contribution in [2.45, 2.75) is 26.7 Å². The van der Waals surface area contributed by atoms with Gasteiger partial charge < -0.3 is 9.52 Å². The lowest BCUT2D eigenvalue weighted by atomic mass is 9.83. The van der Waals surface area contributed by atoms with Crippen LogP contribution >= 0.6 is 0 Å². The standard InChI is InChI=1S/C10H14O3/c1-3-10(2,9(11)12)7-8-5-4-6-13-8/h4-6H,3,7H2,1-2H3,(H,11,12). The number of rotatable bonds is 4.